The zero-order chi connectivity index (χ0) is 10.7. The van der Waals surface area contributed by atoms with Gasteiger partial charge in [-0.15, -0.1) is 11.6 Å². The van der Waals surface area contributed by atoms with Crippen molar-refractivity contribution in [2.24, 2.45) is 0 Å². The van der Waals surface area contributed by atoms with E-state index in [-0.39, 0.29) is 5.38 Å². The molecule has 1 unspecified atom stereocenters. The van der Waals surface area contributed by atoms with Crippen LogP contribution >= 0.6 is 45.5 Å². The van der Waals surface area contributed by atoms with Gasteiger partial charge < -0.3 is 0 Å². The fraction of sp³-hybridized carbons (Fsp3) is 0.167. The Labute approximate surface area is 112 Å². The van der Waals surface area contributed by atoms with Gasteiger partial charge in [0.25, 0.3) is 0 Å². The van der Waals surface area contributed by atoms with Gasteiger partial charge in [-0.25, -0.2) is 0 Å². The first-order valence-electron chi connectivity index (χ1n) is 4.66. The maximum atomic E-state index is 6.37. The normalized spacial score (nSPS) is 12.7. The van der Waals surface area contributed by atoms with Crippen molar-refractivity contribution < 1.29 is 0 Å². The van der Waals surface area contributed by atoms with Crippen LogP contribution < -0.4 is 0 Å². The molecule has 0 fully saturated rings. The number of hydrogen-bond acceptors (Lipinski definition) is 1. The van der Waals surface area contributed by atoms with Crippen LogP contribution in [0.5, 0.6) is 0 Å². The highest BCUT2D eigenvalue weighted by molar-refractivity contribution is 14.1. The number of benzene rings is 1. The van der Waals surface area contributed by atoms with Gasteiger partial charge in [0.2, 0.25) is 0 Å². The molecule has 0 radical (unpaired) electrons. The monoisotopic (exact) mass is 348 g/mol. The van der Waals surface area contributed by atoms with Crippen molar-refractivity contribution in [1.82, 2.24) is 0 Å². The van der Waals surface area contributed by atoms with Crippen molar-refractivity contribution in [3.63, 3.8) is 0 Å². The zero-order valence-electron chi connectivity index (χ0n) is 7.99. The third-order valence-corrected chi connectivity index (χ3v) is 4.01. The second-order valence-corrected chi connectivity index (χ2v) is 5.91. The second kappa shape index (κ2) is 5.32. The topological polar surface area (TPSA) is 0 Å². The van der Waals surface area contributed by atoms with Gasteiger partial charge in [-0.05, 0) is 69.1 Å². The number of thiophene rings is 1. The van der Waals surface area contributed by atoms with Crippen LogP contribution in [0.15, 0.2) is 41.1 Å². The molecule has 0 saturated carbocycles. The van der Waals surface area contributed by atoms with Crippen LogP contribution in [0.1, 0.15) is 16.5 Å². The molecule has 1 heterocycles. The first-order valence-corrected chi connectivity index (χ1v) is 7.12. The molecular weight excluding hydrogens is 339 g/mol. The van der Waals surface area contributed by atoms with Gasteiger partial charge in [0.1, 0.15) is 0 Å². The lowest BCUT2D eigenvalue weighted by atomic mass is 10.1. The Hall–Kier alpha value is -0.0600. The summed E-state index contributed by atoms with van der Waals surface area (Å²) >= 11 is 10.4. The molecule has 0 saturated heterocycles. The van der Waals surface area contributed by atoms with E-state index in [1.165, 1.54) is 14.7 Å². The SMILES string of the molecule is ClC(Cc1ccsc1)c1cccc(I)c1. The van der Waals surface area contributed by atoms with E-state index < -0.39 is 0 Å². The van der Waals surface area contributed by atoms with Crippen LogP contribution in [-0.4, -0.2) is 0 Å². The Morgan fingerprint density at radius 1 is 1.33 bits per heavy atom. The van der Waals surface area contributed by atoms with Crippen LogP contribution in [0.2, 0.25) is 0 Å². The highest BCUT2D eigenvalue weighted by atomic mass is 127. The molecule has 78 valence electrons. The molecule has 0 N–H and O–H groups in total. The van der Waals surface area contributed by atoms with Crippen LogP contribution in [0.4, 0.5) is 0 Å². The van der Waals surface area contributed by atoms with Crippen LogP contribution in [0.25, 0.3) is 0 Å². The first kappa shape index (κ1) is 11.4. The third kappa shape index (κ3) is 3.20. The van der Waals surface area contributed by atoms with E-state index >= 15 is 0 Å². The van der Waals surface area contributed by atoms with Crippen molar-refractivity contribution in [2.75, 3.05) is 0 Å². The van der Waals surface area contributed by atoms with Crippen molar-refractivity contribution in [1.29, 1.82) is 0 Å². The summed E-state index contributed by atoms with van der Waals surface area (Å²) in [4.78, 5) is 0. The van der Waals surface area contributed by atoms with Gasteiger partial charge in [0, 0.05) is 3.57 Å². The number of hydrogen-bond donors (Lipinski definition) is 0. The van der Waals surface area contributed by atoms with E-state index in [0.717, 1.165) is 6.42 Å². The predicted molar refractivity (Wildman–Crippen MR) is 75.8 cm³/mol. The van der Waals surface area contributed by atoms with Crippen molar-refractivity contribution in [3.05, 3.63) is 55.8 Å². The minimum absolute atomic E-state index is 0.0781. The van der Waals surface area contributed by atoms with Crippen LogP contribution in [-0.2, 0) is 6.42 Å². The Kier molecular flexibility index (Phi) is 4.05. The molecule has 0 aliphatic heterocycles. The largest absolute Gasteiger partial charge is 0.152 e. The lowest BCUT2D eigenvalue weighted by Crippen LogP contribution is -1.94. The molecule has 0 bridgehead atoms. The summed E-state index contributed by atoms with van der Waals surface area (Å²) in [5.41, 5.74) is 2.52. The van der Waals surface area contributed by atoms with E-state index in [0.29, 0.717) is 0 Å². The quantitative estimate of drug-likeness (QED) is 0.548. The maximum Gasteiger partial charge on any atom is 0.0626 e. The lowest BCUT2D eigenvalue weighted by molar-refractivity contribution is 0.923. The molecule has 15 heavy (non-hydrogen) atoms. The summed E-state index contributed by atoms with van der Waals surface area (Å²) in [6.45, 7) is 0. The molecule has 1 atom stereocenters. The summed E-state index contributed by atoms with van der Waals surface area (Å²) in [6, 6.07) is 10.5. The Bertz CT molecular complexity index is 425. The van der Waals surface area contributed by atoms with E-state index in [9.17, 15) is 0 Å². The molecule has 2 rings (SSSR count). The Balaban J connectivity index is 2.11. The first-order chi connectivity index (χ1) is 7.25. The number of halogens is 2. The standard InChI is InChI=1S/C12H10ClIS/c13-12(6-9-4-5-15-8-9)10-2-1-3-11(14)7-10/h1-5,7-8,12H,6H2. The average molecular weight is 349 g/mol. The average Bonchev–Trinajstić information content (AvgIpc) is 2.70. The maximum absolute atomic E-state index is 6.37. The van der Waals surface area contributed by atoms with E-state index in [1.54, 1.807) is 11.3 Å². The second-order valence-electron chi connectivity index (χ2n) is 3.36. The molecule has 0 aliphatic rings. The predicted octanol–water partition coefficient (Wildman–Crippen LogP) is 4.88. The molecular formula is C12H10ClIS. The molecule has 1 aromatic heterocycles. The summed E-state index contributed by atoms with van der Waals surface area (Å²) in [5.74, 6) is 0. The summed E-state index contributed by atoms with van der Waals surface area (Å²) in [7, 11) is 0. The molecule has 0 aliphatic carbocycles. The van der Waals surface area contributed by atoms with Gasteiger partial charge in [-0.2, -0.15) is 11.3 Å². The fourth-order valence-electron chi connectivity index (χ4n) is 1.44. The van der Waals surface area contributed by atoms with Crippen molar-refractivity contribution >= 4 is 45.5 Å². The highest BCUT2D eigenvalue weighted by Gasteiger charge is 2.09. The van der Waals surface area contributed by atoms with Gasteiger partial charge >= 0.3 is 0 Å². The number of rotatable bonds is 3. The highest BCUT2D eigenvalue weighted by Crippen LogP contribution is 2.26. The smallest absolute Gasteiger partial charge is 0.0626 e. The molecule has 0 nitrogen and oxygen atoms in total. The van der Waals surface area contributed by atoms with Crippen molar-refractivity contribution in [2.45, 2.75) is 11.8 Å². The summed E-state index contributed by atoms with van der Waals surface area (Å²) in [5, 5.41) is 4.33. The molecule has 2 aromatic rings. The van der Waals surface area contributed by atoms with E-state index in [2.05, 4.69) is 63.7 Å². The van der Waals surface area contributed by atoms with Crippen LogP contribution in [0, 0.1) is 3.57 Å². The molecule has 3 heteroatoms. The van der Waals surface area contributed by atoms with Gasteiger partial charge in [0.05, 0.1) is 5.38 Å². The van der Waals surface area contributed by atoms with Crippen molar-refractivity contribution in [3.8, 4) is 0 Å². The van der Waals surface area contributed by atoms with Gasteiger partial charge in [0.15, 0.2) is 0 Å². The minimum atomic E-state index is 0.0781. The minimum Gasteiger partial charge on any atom is -0.152 e. The Morgan fingerprint density at radius 2 is 2.20 bits per heavy atom. The molecule has 0 spiro atoms. The lowest BCUT2D eigenvalue weighted by Gasteiger charge is -2.08. The number of alkyl halides is 1. The third-order valence-electron chi connectivity index (χ3n) is 2.21. The molecule has 0 amide bonds. The van der Waals surface area contributed by atoms with Crippen LogP contribution in [0.3, 0.4) is 0 Å². The van der Waals surface area contributed by atoms with E-state index in [1.807, 2.05) is 0 Å². The molecule has 1 aromatic carbocycles. The summed E-state index contributed by atoms with van der Waals surface area (Å²) < 4.78 is 1.24. The summed E-state index contributed by atoms with van der Waals surface area (Å²) in [6.07, 6.45) is 0.908. The van der Waals surface area contributed by atoms with E-state index in [4.69, 9.17) is 11.6 Å². The fourth-order valence-corrected chi connectivity index (χ4v) is 3.00. The zero-order valence-corrected chi connectivity index (χ0v) is 11.7. The Morgan fingerprint density at radius 3 is 2.87 bits per heavy atom. The van der Waals surface area contributed by atoms with Gasteiger partial charge in [-0.3, -0.25) is 0 Å². The van der Waals surface area contributed by atoms with Gasteiger partial charge in [-0.1, -0.05) is 12.1 Å².